The highest BCUT2D eigenvalue weighted by molar-refractivity contribution is 6.29. The van der Waals surface area contributed by atoms with Crippen molar-refractivity contribution in [1.82, 2.24) is 9.55 Å². The summed E-state index contributed by atoms with van der Waals surface area (Å²) in [4.78, 5) is 50.0. The van der Waals surface area contributed by atoms with Crippen molar-refractivity contribution in [2.24, 2.45) is 0 Å². The Kier molecular flexibility index (Phi) is 6.90. The van der Waals surface area contributed by atoms with Gasteiger partial charge in [-0.1, -0.05) is 11.6 Å². The molecule has 1 saturated heterocycles. The summed E-state index contributed by atoms with van der Waals surface area (Å²) in [7, 11) is 0. The van der Waals surface area contributed by atoms with Gasteiger partial charge >= 0.3 is 23.6 Å². The van der Waals surface area contributed by atoms with Gasteiger partial charge in [-0.3, -0.25) is 19.0 Å². The summed E-state index contributed by atoms with van der Waals surface area (Å²) in [6.45, 7) is 1.86. The first-order valence-electron chi connectivity index (χ1n) is 8.16. The van der Waals surface area contributed by atoms with Crippen LogP contribution in [-0.2, 0) is 33.3 Å². The van der Waals surface area contributed by atoms with Gasteiger partial charge in [0.15, 0.2) is 18.4 Å². The van der Waals surface area contributed by atoms with Gasteiger partial charge in [0.2, 0.25) is 5.60 Å². The molecule has 4 atom stereocenters. The average Bonchev–Trinajstić information content (AvgIpc) is 2.87. The number of alkyl halides is 2. The fraction of sp³-hybridized carbons (Fsp3) is 0.562. The van der Waals surface area contributed by atoms with Crippen molar-refractivity contribution in [3.8, 4) is 0 Å². The second-order valence-electron chi connectivity index (χ2n) is 6.09. The number of halogens is 3. The predicted octanol–water partition coefficient (Wildman–Crippen LogP) is 0.856. The summed E-state index contributed by atoms with van der Waals surface area (Å²) in [5.41, 5.74) is -3.72. The Morgan fingerprint density at radius 3 is 2.34 bits per heavy atom. The quantitative estimate of drug-likeness (QED) is 0.361. The van der Waals surface area contributed by atoms with Gasteiger partial charge in [-0.25, -0.2) is 13.6 Å². The zero-order valence-electron chi connectivity index (χ0n) is 15.5. The van der Waals surface area contributed by atoms with Crippen molar-refractivity contribution in [2.75, 3.05) is 6.61 Å². The fourth-order valence-electron chi connectivity index (χ4n) is 2.81. The molecule has 13 heteroatoms. The molecule has 10 nitrogen and oxygen atoms in total. The summed E-state index contributed by atoms with van der Waals surface area (Å²) < 4.78 is 49.1. The Labute approximate surface area is 167 Å². The molecule has 0 radical (unpaired) electrons. The van der Waals surface area contributed by atoms with E-state index < -0.39 is 60.7 Å². The molecule has 160 valence electrons. The highest BCUT2D eigenvalue weighted by Gasteiger charge is 2.65. The van der Waals surface area contributed by atoms with E-state index in [1.807, 2.05) is 0 Å². The van der Waals surface area contributed by atoms with Crippen LogP contribution in [0.4, 0.5) is 8.78 Å². The minimum Gasteiger partial charge on any atom is -0.462 e. The highest BCUT2D eigenvalue weighted by Crippen LogP contribution is 2.44. The number of hydrogen-bond donors (Lipinski definition) is 0. The number of rotatable bonds is 6. The van der Waals surface area contributed by atoms with Crippen molar-refractivity contribution in [2.45, 2.75) is 51.2 Å². The molecule has 1 fully saturated rings. The van der Waals surface area contributed by atoms with E-state index in [0.29, 0.717) is 0 Å². The Balaban J connectivity index is 2.63. The van der Waals surface area contributed by atoms with Crippen LogP contribution in [0.25, 0.3) is 0 Å². The number of nitrogens with zero attached hydrogens (tertiary/aromatic N) is 2. The first kappa shape index (κ1) is 22.7. The molecule has 1 aromatic rings. The highest BCUT2D eigenvalue weighted by atomic mass is 35.5. The maximum absolute atomic E-state index is 14.1. The number of ether oxygens (including phenoxy) is 4. The molecular weight excluding hydrogens is 422 g/mol. The Hall–Kier alpha value is -2.60. The zero-order chi connectivity index (χ0) is 21.9. The van der Waals surface area contributed by atoms with Crippen LogP contribution in [-0.4, -0.2) is 58.3 Å². The number of hydrogen-bond acceptors (Lipinski definition) is 9. The molecule has 0 unspecified atom stereocenters. The van der Waals surface area contributed by atoms with E-state index in [-0.39, 0.29) is 5.15 Å². The van der Waals surface area contributed by atoms with Crippen LogP contribution >= 0.6 is 11.6 Å². The molecule has 0 bridgehead atoms. The molecule has 0 spiro atoms. The fourth-order valence-corrected chi connectivity index (χ4v) is 2.94. The van der Waals surface area contributed by atoms with Crippen LogP contribution in [0.3, 0.4) is 0 Å². The number of esters is 3. The Bertz CT molecular complexity index is 864. The van der Waals surface area contributed by atoms with Crippen molar-refractivity contribution < 1.29 is 42.1 Å². The van der Waals surface area contributed by atoms with Gasteiger partial charge in [0.25, 0.3) is 6.43 Å². The zero-order valence-corrected chi connectivity index (χ0v) is 16.2. The van der Waals surface area contributed by atoms with Crippen LogP contribution < -0.4 is 5.69 Å². The van der Waals surface area contributed by atoms with E-state index >= 15 is 0 Å². The molecule has 2 heterocycles. The monoisotopic (exact) mass is 438 g/mol. The molecule has 0 saturated carbocycles. The van der Waals surface area contributed by atoms with Crippen molar-refractivity contribution >= 4 is 29.5 Å². The van der Waals surface area contributed by atoms with Crippen molar-refractivity contribution in [1.29, 1.82) is 0 Å². The maximum atomic E-state index is 14.1. The largest absolute Gasteiger partial charge is 0.462 e. The third kappa shape index (κ3) is 4.88. The van der Waals surface area contributed by atoms with E-state index in [1.165, 1.54) is 6.07 Å². The molecule has 1 aliphatic heterocycles. The van der Waals surface area contributed by atoms with Crippen molar-refractivity contribution in [3.05, 3.63) is 27.9 Å². The van der Waals surface area contributed by atoms with E-state index in [9.17, 15) is 28.0 Å². The summed E-state index contributed by atoms with van der Waals surface area (Å²) in [5, 5.41) is -0.176. The molecule has 2 rings (SSSR count). The first-order valence-corrected chi connectivity index (χ1v) is 8.54. The lowest BCUT2D eigenvalue weighted by Gasteiger charge is -2.32. The molecule has 1 aliphatic rings. The van der Waals surface area contributed by atoms with Crippen LogP contribution in [0.5, 0.6) is 0 Å². The summed E-state index contributed by atoms with van der Waals surface area (Å²) in [5.74, 6) is -2.83. The first-order chi connectivity index (χ1) is 13.5. The molecular formula is C16H17ClF2N2O8. The normalized spacial score (nSPS) is 26.2. The van der Waals surface area contributed by atoms with Gasteiger partial charge in [-0.2, -0.15) is 4.98 Å². The van der Waals surface area contributed by atoms with Gasteiger partial charge in [0.05, 0.1) is 0 Å². The number of aromatic nitrogens is 2. The second-order valence-corrected chi connectivity index (χ2v) is 6.48. The number of carbonyl (C=O) groups excluding carboxylic acids is 3. The topological polar surface area (TPSA) is 123 Å². The van der Waals surface area contributed by atoms with E-state index in [2.05, 4.69) is 9.72 Å². The Morgan fingerprint density at radius 2 is 1.86 bits per heavy atom. The van der Waals surface area contributed by atoms with Gasteiger partial charge in [-0.15, -0.1) is 0 Å². The summed E-state index contributed by atoms with van der Waals surface area (Å²) >= 11 is 5.64. The smallest absolute Gasteiger partial charge is 0.351 e. The van der Waals surface area contributed by atoms with E-state index in [1.54, 1.807) is 0 Å². The molecule has 0 aromatic carbocycles. The lowest BCUT2D eigenvalue weighted by atomic mass is 9.95. The summed E-state index contributed by atoms with van der Waals surface area (Å²) in [6, 6.07) is 1.17. The van der Waals surface area contributed by atoms with E-state index in [4.69, 9.17) is 25.8 Å². The maximum Gasteiger partial charge on any atom is 0.351 e. The molecule has 1 aromatic heterocycles. The molecule has 29 heavy (non-hydrogen) atoms. The lowest BCUT2D eigenvalue weighted by molar-refractivity contribution is -0.212. The molecule has 0 aliphatic carbocycles. The van der Waals surface area contributed by atoms with Gasteiger partial charge in [0, 0.05) is 27.0 Å². The standard InChI is InChI=1S/C16H17ClF2N2O8/c1-7(22)26-6-16(14(18)19)12(28-9(3)24)11(27-8(2)23)13(29-16)21-5-4-10(17)20-15(21)25/h4-5,11-14H,6H2,1-3H3/t11-,12+,13-,16-/m1/s1. The van der Waals surface area contributed by atoms with Crippen LogP contribution in [0.1, 0.15) is 27.0 Å². The minimum atomic E-state index is -3.37. The SMILES string of the molecule is CC(=O)OC[C@@]1(C(F)F)O[C@@H](n2ccc(Cl)nc2=O)[C@H](OC(C)=O)[C@@H]1OC(C)=O. The van der Waals surface area contributed by atoms with E-state index in [0.717, 1.165) is 31.5 Å². The molecule has 0 amide bonds. The lowest BCUT2D eigenvalue weighted by Crippen LogP contribution is -2.55. The van der Waals surface area contributed by atoms with Crippen LogP contribution in [0, 0.1) is 0 Å². The van der Waals surface area contributed by atoms with Crippen LogP contribution in [0.15, 0.2) is 17.1 Å². The third-order valence-corrected chi connectivity index (χ3v) is 4.15. The minimum absolute atomic E-state index is 0.176. The second kappa shape index (κ2) is 8.82. The van der Waals surface area contributed by atoms with Crippen LogP contribution in [0.2, 0.25) is 5.15 Å². The third-order valence-electron chi connectivity index (χ3n) is 3.94. The van der Waals surface area contributed by atoms with Crippen molar-refractivity contribution in [3.63, 3.8) is 0 Å². The van der Waals surface area contributed by atoms with Gasteiger partial charge in [-0.05, 0) is 6.07 Å². The van der Waals surface area contributed by atoms with Gasteiger partial charge < -0.3 is 18.9 Å². The predicted molar refractivity (Wildman–Crippen MR) is 90.1 cm³/mol. The number of carbonyl (C=O) groups is 3. The Morgan fingerprint density at radius 1 is 1.24 bits per heavy atom. The summed E-state index contributed by atoms with van der Waals surface area (Å²) in [6.07, 6.45) is -7.55. The average molecular weight is 439 g/mol. The van der Waals surface area contributed by atoms with Gasteiger partial charge in [0.1, 0.15) is 11.8 Å². The molecule has 0 N–H and O–H groups in total.